The van der Waals surface area contributed by atoms with E-state index in [-0.39, 0.29) is 17.9 Å². The Kier molecular flexibility index (Phi) is 5.79. The van der Waals surface area contributed by atoms with Crippen molar-refractivity contribution in [2.75, 3.05) is 13.2 Å². The Morgan fingerprint density at radius 2 is 2.29 bits per heavy atom. The fraction of sp³-hybridized carbons (Fsp3) is 0.688. The number of esters is 1. The van der Waals surface area contributed by atoms with Crippen molar-refractivity contribution in [2.24, 2.45) is 5.92 Å². The number of aliphatic hydroxyl groups is 1. The number of carbonyl (C=O) groups excluding carboxylic acids is 1. The predicted octanol–water partition coefficient (Wildman–Crippen LogP) is 2.88. The van der Waals surface area contributed by atoms with Gasteiger partial charge >= 0.3 is 5.97 Å². The molecule has 0 spiro atoms. The quantitative estimate of drug-likeness (QED) is 0.793. The van der Waals surface area contributed by atoms with Crippen molar-refractivity contribution >= 4 is 17.3 Å². The molecule has 0 amide bonds. The lowest BCUT2D eigenvalue weighted by atomic mass is 9.78. The van der Waals surface area contributed by atoms with E-state index in [0.29, 0.717) is 38.8 Å². The van der Waals surface area contributed by atoms with Gasteiger partial charge in [0, 0.05) is 12.6 Å². The van der Waals surface area contributed by atoms with Gasteiger partial charge in [-0.1, -0.05) is 0 Å². The molecule has 1 aromatic heterocycles. The SMILES string of the molecule is CCOC(=O)C1CCC(O)(CNC(C)c2ccsc2)CC1. The highest BCUT2D eigenvalue weighted by atomic mass is 32.1. The molecule has 1 unspecified atom stereocenters. The number of nitrogens with one attached hydrogen (secondary N) is 1. The molecule has 1 fully saturated rings. The third-order valence-corrected chi connectivity index (χ3v) is 5.02. The van der Waals surface area contributed by atoms with Crippen LogP contribution < -0.4 is 5.32 Å². The molecule has 1 heterocycles. The molecule has 5 heteroatoms. The Morgan fingerprint density at radius 3 is 2.86 bits per heavy atom. The van der Waals surface area contributed by atoms with E-state index in [4.69, 9.17) is 4.74 Å². The maximum atomic E-state index is 11.7. The van der Waals surface area contributed by atoms with Crippen LogP contribution in [0.4, 0.5) is 0 Å². The van der Waals surface area contributed by atoms with Gasteiger partial charge < -0.3 is 15.2 Å². The molecule has 0 radical (unpaired) electrons. The van der Waals surface area contributed by atoms with Crippen LogP contribution in [0, 0.1) is 5.92 Å². The average molecular weight is 311 g/mol. The van der Waals surface area contributed by atoms with Crippen molar-refractivity contribution < 1.29 is 14.6 Å². The maximum Gasteiger partial charge on any atom is 0.308 e. The highest BCUT2D eigenvalue weighted by Crippen LogP contribution is 2.33. The molecule has 2 rings (SSSR count). The lowest BCUT2D eigenvalue weighted by Gasteiger charge is -2.36. The average Bonchev–Trinajstić information content (AvgIpc) is 3.00. The summed E-state index contributed by atoms with van der Waals surface area (Å²) in [6.07, 6.45) is 2.73. The van der Waals surface area contributed by atoms with E-state index in [9.17, 15) is 9.90 Å². The first-order valence-corrected chi connectivity index (χ1v) is 8.63. The van der Waals surface area contributed by atoms with E-state index in [0.717, 1.165) is 0 Å². The molecule has 0 aliphatic heterocycles. The minimum absolute atomic E-state index is 0.0421. The highest BCUT2D eigenvalue weighted by molar-refractivity contribution is 7.07. The van der Waals surface area contributed by atoms with Crippen molar-refractivity contribution in [3.63, 3.8) is 0 Å². The van der Waals surface area contributed by atoms with Crippen LogP contribution in [0.3, 0.4) is 0 Å². The summed E-state index contributed by atoms with van der Waals surface area (Å²) < 4.78 is 5.06. The molecule has 0 saturated heterocycles. The second kappa shape index (κ2) is 7.38. The van der Waals surface area contributed by atoms with Gasteiger partial charge in [0.25, 0.3) is 0 Å². The largest absolute Gasteiger partial charge is 0.466 e. The summed E-state index contributed by atoms with van der Waals surface area (Å²) in [4.78, 5) is 11.7. The fourth-order valence-corrected chi connectivity index (χ4v) is 3.56. The van der Waals surface area contributed by atoms with Gasteiger partial charge in [-0.15, -0.1) is 0 Å². The number of rotatable bonds is 6. The van der Waals surface area contributed by atoms with E-state index in [1.807, 2.05) is 6.92 Å². The Morgan fingerprint density at radius 1 is 1.57 bits per heavy atom. The number of thiophene rings is 1. The van der Waals surface area contributed by atoms with Gasteiger partial charge in [0.1, 0.15) is 0 Å². The van der Waals surface area contributed by atoms with Crippen molar-refractivity contribution in [1.29, 1.82) is 0 Å². The Hall–Kier alpha value is -0.910. The van der Waals surface area contributed by atoms with E-state index >= 15 is 0 Å². The second-order valence-corrected chi connectivity index (χ2v) is 6.69. The first kappa shape index (κ1) is 16.5. The molecule has 1 aromatic rings. The standard InChI is InChI=1S/C16H25NO3S/c1-3-20-15(18)13-4-7-16(19,8-5-13)11-17-12(2)14-6-9-21-10-14/h6,9-10,12-13,17,19H,3-5,7-8,11H2,1-2H3. The summed E-state index contributed by atoms with van der Waals surface area (Å²) in [6.45, 7) is 4.93. The minimum Gasteiger partial charge on any atom is -0.466 e. The second-order valence-electron chi connectivity index (χ2n) is 5.91. The molecule has 2 N–H and O–H groups in total. The first-order valence-electron chi connectivity index (χ1n) is 7.68. The van der Waals surface area contributed by atoms with Crippen LogP contribution in [0.2, 0.25) is 0 Å². The maximum absolute atomic E-state index is 11.7. The summed E-state index contributed by atoms with van der Waals surface area (Å²) in [5.41, 5.74) is 0.552. The molecule has 0 aromatic carbocycles. The van der Waals surface area contributed by atoms with Crippen LogP contribution in [0.1, 0.15) is 51.1 Å². The summed E-state index contributed by atoms with van der Waals surface area (Å²) in [6, 6.07) is 2.34. The molecule has 1 atom stereocenters. The molecule has 1 saturated carbocycles. The molecule has 21 heavy (non-hydrogen) atoms. The van der Waals surface area contributed by atoms with Crippen molar-refractivity contribution in [3.05, 3.63) is 22.4 Å². The topological polar surface area (TPSA) is 58.6 Å². The zero-order valence-electron chi connectivity index (χ0n) is 12.8. The van der Waals surface area contributed by atoms with Crippen LogP contribution in [0.15, 0.2) is 16.8 Å². The van der Waals surface area contributed by atoms with Crippen LogP contribution in [0.25, 0.3) is 0 Å². The molecular formula is C16H25NO3S. The van der Waals surface area contributed by atoms with Gasteiger partial charge in [0.15, 0.2) is 0 Å². The van der Waals surface area contributed by atoms with Crippen LogP contribution >= 0.6 is 11.3 Å². The van der Waals surface area contributed by atoms with Crippen LogP contribution in [0.5, 0.6) is 0 Å². The van der Waals surface area contributed by atoms with E-state index in [2.05, 4.69) is 29.1 Å². The van der Waals surface area contributed by atoms with Crippen LogP contribution in [-0.2, 0) is 9.53 Å². The van der Waals surface area contributed by atoms with Gasteiger partial charge in [-0.25, -0.2) is 0 Å². The van der Waals surface area contributed by atoms with Gasteiger partial charge in [-0.3, -0.25) is 4.79 Å². The Labute approximate surface area is 130 Å². The first-order chi connectivity index (χ1) is 10.0. The summed E-state index contributed by atoms with van der Waals surface area (Å²) >= 11 is 1.68. The van der Waals surface area contributed by atoms with Gasteiger partial charge in [0.2, 0.25) is 0 Å². The fourth-order valence-electron chi connectivity index (χ4n) is 2.81. The van der Waals surface area contributed by atoms with Gasteiger partial charge in [-0.05, 0) is 61.9 Å². The smallest absolute Gasteiger partial charge is 0.308 e. The third kappa shape index (κ3) is 4.53. The molecule has 1 aliphatic rings. The highest BCUT2D eigenvalue weighted by Gasteiger charge is 2.36. The van der Waals surface area contributed by atoms with E-state index in [1.54, 1.807) is 11.3 Å². The van der Waals surface area contributed by atoms with Gasteiger partial charge in [0.05, 0.1) is 18.1 Å². The Balaban J connectivity index is 1.78. The summed E-state index contributed by atoms with van der Waals surface area (Å²) in [7, 11) is 0. The molecule has 118 valence electrons. The zero-order valence-corrected chi connectivity index (χ0v) is 13.6. The number of ether oxygens (including phenoxy) is 1. The molecule has 0 bridgehead atoms. The lowest BCUT2D eigenvalue weighted by Crippen LogP contribution is -2.45. The minimum atomic E-state index is -0.701. The molecular weight excluding hydrogens is 286 g/mol. The normalized spacial score (nSPS) is 27.3. The molecule has 1 aliphatic carbocycles. The predicted molar refractivity (Wildman–Crippen MR) is 84.3 cm³/mol. The summed E-state index contributed by atoms with van der Waals surface area (Å²) in [5, 5.41) is 18.2. The monoisotopic (exact) mass is 311 g/mol. The van der Waals surface area contributed by atoms with Crippen molar-refractivity contribution in [2.45, 2.75) is 51.2 Å². The lowest BCUT2D eigenvalue weighted by molar-refractivity contribution is -0.151. The van der Waals surface area contributed by atoms with E-state index < -0.39 is 5.60 Å². The number of carbonyl (C=O) groups is 1. The van der Waals surface area contributed by atoms with E-state index in [1.165, 1.54) is 5.56 Å². The molecule has 4 nitrogen and oxygen atoms in total. The van der Waals surface area contributed by atoms with Gasteiger partial charge in [-0.2, -0.15) is 11.3 Å². The van der Waals surface area contributed by atoms with Crippen LogP contribution in [-0.4, -0.2) is 29.8 Å². The number of hydrogen-bond donors (Lipinski definition) is 2. The Bertz CT molecular complexity index is 438. The summed E-state index contributed by atoms with van der Waals surface area (Å²) in [5.74, 6) is -0.154. The van der Waals surface area contributed by atoms with Crippen molar-refractivity contribution in [1.82, 2.24) is 5.32 Å². The third-order valence-electron chi connectivity index (χ3n) is 4.32. The number of hydrogen-bond acceptors (Lipinski definition) is 5. The van der Waals surface area contributed by atoms with Crippen molar-refractivity contribution in [3.8, 4) is 0 Å². The zero-order chi connectivity index (χ0) is 15.3.